The number of amides is 4. The fraction of sp³-hybridized carbons (Fsp3) is 0.848. The first-order valence-electron chi connectivity index (χ1n) is 16.3. The van der Waals surface area contributed by atoms with Crippen LogP contribution in [0.3, 0.4) is 0 Å². The molecule has 3 rings (SSSR count). The molecule has 3 fully saturated rings. The zero-order chi connectivity index (χ0) is 31.3. The number of carbonyl (C=O) groups is 5. The van der Waals surface area contributed by atoms with Gasteiger partial charge in [0.15, 0.2) is 0 Å². The molecular weight excluding hydrogens is 536 g/mol. The van der Waals surface area contributed by atoms with Gasteiger partial charge in [-0.05, 0) is 73.0 Å². The largest absolute Gasteiger partial charge is 0.396 e. The molecule has 3 aliphatic rings. The molecule has 0 bridgehead atoms. The van der Waals surface area contributed by atoms with Crippen LogP contribution in [-0.4, -0.2) is 52.8 Å². The third-order valence-electron chi connectivity index (χ3n) is 10.5. The first-order chi connectivity index (χ1) is 19.9. The van der Waals surface area contributed by atoms with Crippen molar-refractivity contribution >= 4 is 29.4 Å². The maximum Gasteiger partial charge on any atom is 0.229 e. The van der Waals surface area contributed by atoms with Gasteiger partial charge in [-0.15, -0.1) is 0 Å². The zero-order valence-electron chi connectivity index (χ0n) is 26.4. The molecule has 42 heavy (non-hydrogen) atoms. The Bertz CT molecular complexity index is 919. The van der Waals surface area contributed by atoms with Gasteiger partial charge in [0.25, 0.3) is 0 Å². The standard InChI is InChI=1S/C33H54N2O7/c1-7-21-19(15-36)13-25(32(41)34-27(38)11-17(3)4)29(21)23-9-10-24(31(23)40)30-22(8-2)20(16-37)14-26(30)33(42)35-28(39)12-18(5)6/h17-26,29-30,36-37H,7-16H2,1-6H3,(H,34,38,41)(H,35,39,42). The van der Waals surface area contributed by atoms with Gasteiger partial charge in [-0.25, -0.2) is 0 Å². The maximum atomic E-state index is 14.3. The minimum Gasteiger partial charge on any atom is -0.396 e. The van der Waals surface area contributed by atoms with E-state index in [-0.39, 0.29) is 103 Å². The van der Waals surface area contributed by atoms with Gasteiger partial charge in [0.05, 0.1) is 0 Å². The molecule has 4 amide bonds. The van der Waals surface area contributed by atoms with Gasteiger partial charge < -0.3 is 10.2 Å². The second-order valence-electron chi connectivity index (χ2n) is 14.1. The molecule has 3 aliphatic carbocycles. The molecule has 0 spiro atoms. The SMILES string of the molecule is CCC1C(CO)CC(C(=O)NC(=O)CC(C)C)C1C1CCC(C2C(C(=O)NC(=O)CC(C)C)CC(CO)C2CC)C1=O. The minimum atomic E-state index is -0.542. The zero-order valence-corrected chi connectivity index (χ0v) is 26.4. The molecule has 9 nitrogen and oxygen atoms in total. The quantitative estimate of drug-likeness (QED) is 0.272. The number of aliphatic hydroxyl groups excluding tert-OH is 2. The van der Waals surface area contributed by atoms with Crippen molar-refractivity contribution in [2.45, 2.75) is 92.9 Å². The Morgan fingerprint density at radius 3 is 1.36 bits per heavy atom. The van der Waals surface area contributed by atoms with Crippen LogP contribution < -0.4 is 10.6 Å². The number of aliphatic hydroxyl groups is 2. The monoisotopic (exact) mass is 590 g/mol. The van der Waals surface area contributed by atoms with E-state index < -0.39 is 23.7 Å². The third kappa shape index (κ3) is 7.50. The number of imide groups is 2. The number of ketones is 1. The molecule has 0 aromatic rings. The summed E-state index contributed by atoms with van der Waals surface area (Å²) in [4.78, 5) is 66.2. The van der Waals surface area contributed by atoms with E-state index in [9.17, 15) is 34.2 Å². The van der Waals surface area contributed by atoms with E-state index in [1.807, 2.05) is 41.5 Å². The fourth-order valence-corrected chi connectivity index (χ4v) is 8.88. The van der Waals surface area contributed by atoms with Crippen LogP contribution in [-0.2, 0) is 24.0 Å². The number of Topliss-reactive ketones (excluding diaryl/α,β-unsaturated/α-hetero) is 1. The van der Waals surface area contributed by atoms with Crippen molar-refractivity contribution in [3.05, 3.63) is 0 Å². The number of hydrogen-bond donors (Lipinski definition) is 4. The Morgan fingerprint density at radius 2 is 1.07 bits per heavy atom. The molecule has 238 valence electrons. The smallest absolute Gasteiger partial charge is 0.229 e. The first kappa shape index (κ1) is 34.4. The van der Waals surface area contributed by atoms with Gasteiger partial charge in [0.2, 0.25) is 23.6 Å². The molecule has 4 N–H and O–H groups in total. The molecule has 3 saturated carbocycles. The molecule has 0 aliphatic heterocycles. The molecule has 9 heteroatoms. The number of rotatable bonds is 12. The average molecular weight is 591 g/mol. The van der Waals surface area contributed by atoms with Crippen molar-refractivity contribution in [2.24, 2.45) is 71.0 Å². The summed E-state index contributed by atoms with van der Waals surface area (Å²) in [5.41, 5.74) is 0. The predicted octanol–water partition coefficient (Wildman–Crippen LogP) is 3.50. The predicted molar refractivity (Wildman–Crippen MR) is 158 cm³/mol. The van der Waals surface area contributed by atoms with Gasteiger partial charge in [0.1, 0.15) is 5.78 Å². The summed E-state index contributed by atoms with van der Waals surface area (Å²) in [5, 5.41) is 25.5. The molecule has 0 aromatic carbocycles. The molecule has 0 radical (unpaired) electrons. The van der Waals surface area contributed by atoms with E-state index in [2.05, 4.69) is 10.6 Å². The summed E-state index contributed by atoms with van der Waals surface area (Å²) in [5.74, 6) is -3.84. The van der Waals surface area contributed by atoms with Crippen LogP contribution in [0.5, 0.6) is 0 Å². The summed E-state index contributed by atoms with van der Waals surface area (Å²) in [6.45, 7) is 11.5. The van der Waals surface area contributed by atoms with Gasteiger partial charge in [-0.1, -0.05) is 54.4 Å². The van der Waals surface area contributed by atoms with Crippen LogP contribution in [0.25, 0.3) is 0 Å². The summed E-state index contributed by atoms with van der Waals surface area (Å²) in [7, 11) is 0. The highest BCUT2D eigenvalue weighted by Crippen LogP contribution is 2.56. The molecule has 10 unspecified atom stereocenters. The second-order valence-corrected chi connectivity index (χ2v) is 14.1. The molecular formula is C33H54N2O7. The lowest BCUT2D eigenvalue weighted by atomic mass is 9.71. The summed E-state index contributed by atoms with van der Waals surface area (Å²) >= 11 is 0. The van der Waals surface area contributed by atoms with Crippen LogP contribution >= 0.6 is 0 Å². The Labute approximate surface area is 251 Å². The third-order valence-corrected chi connectivity index (χ3v) is 10.5. The van der Waals surface area contributed by atoms with Gasteiger partial charge in [0, 0.05) is 49.7 Å². The number of nitrogens with one attached hydrogen (secondary N) is 2. The van der Waals surface area contributed by atoms with Crippen molar-refractivity contribution in [3.8, 4) is 0 Å². The number of hydrogen-bond acceptors (Lipinski definition) is 7. The molecule has 0 saturated heterocycles. The Kier molecular flexibility index (Phi) is 12.3. The highest BCUT2D eigenvalue weighted by Gasteiger charge is 2.57. The highest BCUT2D eigenvalue weighted by atomic mass is 16.3. The molecule has 0 aromatic heterocycles. The van der Waals surface area contributed by atoms with Gasteiger partial charge in [-0.2, -0.15) is 0 Å². The van der Waals surface area contributed by atoms with E-state index in [1.165, 1.54) is 0 Å². The summed E-state index contributed by atoms with van der Waals surface area (Å²) in [6.07, 6.45) is 3.95. The highest BCUT2D eigenvalue weighted by molar-refractivity contribution is 5.98. The van der Waals surface area contributed by atoms with E-state index in [0.29, 0.717) is 38.5 Å². The lowest BCUT2D eigenvalue weighted by Gasteiger charge is -2.32. The lowest BCUT2D eigenvalue weighted by Crippen LogP contribution is -2.43. The molecule has 0 heterocycles. The van der Waals surface area contributed by atoms with E-state index >= 15 is 0 Å². The maximum absolute atomic E-state index is 14.3. The summed E-state index contributed by atoms with van der Waals surface area (Å²) in [6, 6.07) is 0. The molecule has 10 atom stereocenters. The van der Waals surface area contributed by atoms with Crippen molar-refractivity contribution in [1.82, 2.24) is 10.6 Å². The average Bonchev–Trinajstić information content (AvgIpc) is 3.58. The Morgan fingerprint density at radius 1 is 0.714 bits per heavy atom. The van der Waals surface area contributed by atoms with Crippen molar-refractivity contribution < 1.29 is 34.2 Å². The Hall–Kier alpha value is -2.13. The van der Waals surface area contributed by atoms with Crippen LogP contribution in [0.15, 0.2) is 0 Å². The summed E-state index contributed by atoms with van der Waals surface area (Å²) < 4.78 is 0. The van der Waals surface area contributed by atoms with E-state index in [4.69, 9.17) is 0 Å². The van der Waals surface area contributed by atoms with E-state index in [1.54, 1.807) is 0 Å². The van der Waals surface area contributed by atoms with Crippen LogP contribution in [0.1, 0.15) is 92.9 Å². The van der Waals surface area contributed by atoms with Crippen LogP contribution in [0, 0.1) is 71.0 Å². The van der Waals surface area contributed by atoms with Crippen molar-refractivity contribution in [2.75, 3.05) is 13.2 Å². The van der Waals surface area contributed by atoms with E-state index in [0.717, 1.165) is 0 Å². The fourth-order valence-electron chi connectivity index (χ4n) is 8.88. The lowest BCUT2D eigenvalue weighted by molar-refractivity contribution is -0.135. The normalized spacial score (nSPS) is 34.8. The van der Waals surface area contributed by atoms with Crippen LogP contribution in [0.4, 0.5) is 0 Å². The minimum absolute atomic E-state index is 0.0258. The van der Waals surface area contributed by atoms with Gasteiger partial charge >= 0.3 is 0 Å². The first-order valence-corrected chi connectivity index (χ1v) is 16.3. The topological polar surface area (TPSA) is 150 Å². The van der Waals surface area contributed by atoms with Crippen molar-refractivity contribution in [3.63, 3.8) is 0 Å². The second kappa shape index (κ2) is 15.0. The number of carbonyl (C=O) groups excluding carboxylic acids is 5. The van der Waals surface area contributed by atoms with Crippen molar-refractivity contribution in [1.29, 1.82) is 0 Å². The Balaban J connectivity index is 1.88. The van der Waals surface area contributed by atoms with Gasteiger partial charge in [-0.3, -0.25) is 34.6 Å². The van der Waals surface area contributed by atoms with Crippen LogP contribution in [0.2, 0.25) is 0 Å².